The third-order valence-electron chi connectivity index (χ3n) is 4.98. The molecule has 0 radical (unpaired) electrons. The number of aliphatic hydroxyl groups is 2. The van der Waals surface area contributed by atoms with Crippen molar-refractivity contribution in [2.75, 3.05) is 50.3 Å². The van der Waals surface area contributed by atoms with Crippen molar-refractivity contribution >= 4 is 53.7 Å². The lowest BCUT2D eigenvalue weighted by molar-refractivity contribution is -0.118. The first-order valence-electron chi connectivity index (χ1n) is 10.5. The third-order valence-corrected chi connectivity index (χ3v) is 8.59. The molecule has 2 aromatic heterocycles. The molecule has 0 spiro atoms. The number of anilines is 1. The lowest BCUT2D eigenvalue weighted by atomic mass is 10.1. The molecule has 18 heteroatoms. The Bertz CT molecular complexity index is 1090. The van der Waals surface area contributed by atoms with E-state index in [4.69, 9.17) is 35.1 Å². The Labute approximate surface area is 208 Å². The molecule has 2 saturated heterocycles. The summed E-state index contributed by atoms with van der Waals surface area (Å²) in [4.78, 5) is 35.7. The molecule has 2 aliphatic heterocycles. The Morgan fingerprint density at radius 2 is 2.23 bits per heavy atom. The Hall–Kier alpha value is -1.53. The molecule has 8 N–H and O–H groups in total. The van der Waals surface area contributed by atoms with E-state index in [0.29, 0.717) is 26.3 Å². The number of hydrogen-bond acceptors (Lipinski definition) is 14. The number of carbonyl (C=O) groups is 1. The molecule has 4 rings (SSSR count). The lowest BCUT2D eigenvalue weighted by Gasteiger charge is -2.30. The van der Waals surface area contributed by atoms with Crippen LogP contribution in [0.1, 0.15) is 6.23 Å². The number of hydrogen-bond donors (Lipinski definition) is 6. The summed E-state index contributed by atoms with van der Waals surface area (Å²) in [5, 5.41) is 23.1. The molecular formula is C17H26N7O8PS2. The molecule has 35 heavy (non-hydrogen) atoms. The molecule has 0 aromatic carbocycles. The summed E-state index contributed by atoms with van der Waals surface area (Å²) in [5.41, 5.74) is 10.6. The van der Waals surface area contributed by atoms with Gasteiger partial charge in [0.1, 0.15) is 18.3 Å². The van der Waals surface area contributed by atoms with Crippen LogP contribution in [0.3, 0.4) is 0 Å². The largest absolute Gasteiger partial charge is 0.386 e. The van der Waals surface area contributed by atoms with Crippen molar-refractivity contribution in [3.05, 3.63) is 10.4 Å². The summed E-state index contributed by atoms with van der Waals surface area (Å²) in [7, 11) is -1.45. The number of aromatic nitrogens is 4. The van der Waals surface area contributed by atoms with Crippen molar-refractivity contribution in [2.45, 2.75) is 29.7 Å². The predicted molar refractivity (Wildman–Crippen MR) is 129 cm³/mol. The smallest absolute Gasteiger partial charge is 0.280 e. The van der Waals surface area contributed by atoms with Gasteiger partial charge in [0.25, 0.3) is 5.56 Å². The van der Waals surface area contributed by atoms with Crippen LogP contribution in [0.4, 0.5) is 5.95 Å². The Morgan fingerprint density at radius 1 is 1.40 bits per heavy atom. The van der Waals surface area contributed by atoms with E-state index in [2.05, 4.69) is 20.3 Å². The Balaban J connectivity index is 1.54. The molecule has 2 aromatic rings. The fraction of sp³-hybridized carbons (Fsp3) is 0.647. The normalized spacial score (nSPS) is 26.2. The Kier molecular flexibility index (Phi) is 9.20. The SMILES string of the molecule is NCCOCCNC(=O)CSc1nc2c(=O)[nH]c(N)nc2n1[C@@H]1OC2COP(SCO)O[C@H]2C1O. The maximum atomic E-state index is 12.5. The summed E-state index contributed by atoms with van der Waals surface area (Å²) in [6, 6.07) is 0. The van der Waals surface area contributed by atoms with Gasteiger partial charge in [-0.2, -0.15) is 4.98 Å². The van der Waals surface area contributed by atoms with Crippen LogP contribution in [0.5, 0.6) is 0 Å². The first kappa shape index (κ1) is 26.5. The minimum atomic E-state index is -1.45. The number of fused-ring (bicyclic) bond motifs is 2. The highest BCUT2D eigenvalue weighted by Gasteiger charge is 2.51. The highest BCUT2D eigenvalue weighted by Crippen LogP contribution is 2.57. The van der Waals surface area contributed by atoms with Crippen LogP contribution in [0.15, 0.2) is 9.95 Å². The van der Waals surface area contributed by atoms with Crippen LogP contribution in [0, 0.1) is 0 Å². The van der Waals surface area contributed by atoms with Gasteiger partial charge in [-0.05, 0) is 11.4 Å². The van der Waals surface area contributed by atoms with E-state index < -0.39 is 37.7 Å². The fourth-order valence-corrected chi connectivity index (χ4v) is 6.55. The molecule has 15 nitrogen and oxygen atoms in total. The van der Waals surface area contributed by atoms with Gasteiger partial charge in [-0.1, -0.05) is 11.8 Å². The second-order valence-electron chi connectivity index (χ2n) is 7.33. The van der Waals surface area contributed by atoms with Crippen molar-refractivity contribution in [3.8, 4) is 0 Å². The molecule has 0 aliphatic carbocycles. The average molecular weight is 552 g/mol. The molecule has 1 amide bonds. The van der Waals surface area contributed by atoms with Crippen LogP contribution >= 0.6 is 30.7 Å². The third kappa shape index (κ3) is 6.07. The number of imidazole rings is 1. The summed E-state index contributed by atoms with van der Waals surface area (Å²) in [6.07, 6.45) is -3.53. The van der Waals surface area contributed by atoms with E-state index in [1.165, 1.54) is 4.57 Å². The molecule has 2 aliphatic rings. The van der Waals surface area contributed by atoms with Gasteiger partial charge in [0, 0.05) is 13.1 Å². The van der Waals surface area contributed by atoms with Gasteiger partial charge in [-0.3, -0.25) is 19.1 Å². The topological polar surface area (TPSA) is 222 Å². The monoisotopic (exact) mass is 551 g/mol. The summed E-state index contributed by atoms with van der Waals surface area (Å²) in [5.74, 6) is -0.635. The summed E-state index contributed by atoms with van der Waals surface area (Å²) >= 11 is 2.13. The molecular weight excluding hydrogens is 525 g/mol. The number of aromatic amines is 1. The van der Waals surface area contributed by atoms with E-state index in [1.807, 2.05) is 0 Å². The van der Waals surface area contributed by atoms with Gasteiger partial charge in [-0.15, -0.1) is 0 Å². The summed E-state index contributed by atoms with van der Waals surface area (Å²) < 4.78 is 24.0. The first-order chi connectivity index (χ1) is 16.9. The second-order valence-corrected chi connectivity index (χ2v) is 11.4. The molecule has 2 fully saturated rings. The minimum absolute atomic E-state index is 0.0155. The van der Waals surface area contributed by atoms with E-state index in [1.54, 1.807) is 0 Å². The van der Waals surface area contributed by atoms with E-state index in [0.717, 1.165) is 23.1 Å². The van der Waals surface area contributed by atoms with Crippen molar-refractivity contribution in [3.63, 3.8) is 0 Å². The number of nitrogens with one attached hydrogen (secondary N) is 2. The molecule has 3 unspecified atom stereocenters. The van der Waals surface area contributed by atoms with Crippen LogP contribution < -0.4 is 22.3 Å². The van der Waals surface area contributed by atoms with Gasteiger partial charge in [-0.25, -0.2) is 4.98 Å². The fourth-order valence-electron chi connectivity index (χ4n) is 3.52. The van der Waals surface area contributed by atoms with Crippen LogP contribution in [-0.4, -0.2) is 98.6 Å². The minimum Gasteiger partial charge on any atom is -0.386 e. The van der Waals surface area contributed by atoms with Crippen molar-refractivity contribution in [2.24, 2.45) is 5.73 Å². The van der Waals surface area contributed by atoms with E-state index in [9.17, 15) is 14.7 Å². The number of amides is 1. The number of aliphatic hydroxyl groups excluding tert-OH is 2. The zero-order valence-electron chi connectivity index (χ0n) is 18.4. The highest BCUT2D eigenvalue weighted by atomic mass is 32.7. The highest BCUT2D eigenvalue weighted by molar-refractivity contribution is 8.52. The second kappa shape index (κ2) is 12.1. The van der Waals surface area contributed by atoms with Crippen molar-refractivity contribution in [1.82, 2.24) is 24.8 Å². The van der Waals surface area contributed by atoms with Gasteiger partial charge < -0.3 is 45.5 Å². The van der Waals surface area contributed by atoms with Crippen LogP contribution in [-0.2, 0) is 23.3 Å². The molecule has 5 atom stereocenters. The standard InChI is InChI=1S/C17H26N7O8PS2/c18-1-3-29-4-2-20-9(26)6-34-17-21-10-13(22-16(19)23-14(10)28)24(17)15-11(27)12-8(31-15)5-30-33(32-12)35-7-25/h8,11-12,15,25,27H,1-7,18H2,(H,20,26)(H3,19,22,23,28)/t8?,11?,12-,15-,33?/m1/s1. The van der Waals surface area contributed by atoms with Crippen molar-refractivity contribution in [1.29, 1.82) is 0 Å². The number of nitrogens with two attached hydrogens (primary N) is 2. The molecule has 194 valence electrons. The zero-order chi connectivity index (χ0) is 24.9. The van der Waals surface area contributed by atoms with E-state index in [-0.39, 0.29) is 46.5 Å². The molecule has 0 bridgehead atoms. The molecule has 4 heterocycles. The van der Waals surface area contributed by atoms with E-state index >= 15 is 0 Å². The predicted octanol–water partition coefficient (Wildman–Crippen LogP) is -1.53. The first-order valence-corrected chi connectivity index (χ1v) is 14.3. The maximum absolute atomic E-state index is 12.5. The lowest BCUT2D eigenvalue weighted by Crippen LogP contribution is -2.38. The maximum Gasteiger partial charge on any atom is 0.280 e. The number of nitrogens with zero attached hydrogens (tertiary/aromatic N) is 3. The number of nitrogen functional groups attached to an aromatic ring is 1. The summed E-state index contributed by atoms with van der Waals surface area (Å²) in [6.45, 7) is 1.59. The van der Waals surface area contributed by atoms with Crippen LogP contribution in [0.2, 0.25) is 0 Å². The van der Waals surface area contributed by atoms with Gasteiger partial charge in [0.15, 0.2) is 22.5 Å². The van der Waals surface area contributed by atoms with Crippen LogP contribution in [0.25, 0.3) is 11.2 Å². The van der Waals surface area contributed by atoms with Gasteiger partial charge in [0.2, 0.25) is 19.4 Å². The number of H-pyrrole nitrogens is 1. The zero-order valence-corrected chi connectivity index (χ0v) is 20.9. The Morgan fingerprint density at radius 3 is 3.00 bits per heavy atom. The van der Waals surface area contributed by atoms with Crippen molar-refractivity contribution < 1.29 is 33.5 Å². The van der Waals surface area contributed by atoms with Gasteiger partial charge >= 0.3 is 0 Å². The number of rotatable bonds is 11. The van der Waals surface area contributed by atoms with Gasteiger partial charge in [0.05, 0.1) is 31.5 Å². The number of carbonyl (C=O) groups excluding carboxylic acids is 1. The molecule has 0 saturated carbocycles. The number of thioether (sulfide) groups is 1. The average Bonchev–Trinajstić information content (AvgIpc) is 3.35. The number of ether oxygens (including phenoxy) is 2. The quantitative estimate of drug-likeness (QED) is 0.0807.